The number of amides is 2. The van der Waals surface area contributed by atoms with Crippen LogP contribution in [0.5, 0.6) is 0 Å². The second-order valence-corrected chi connectivity index (χ2v) is 9.82. The van der Waals surface area contributed by atoms with E-state index in [4.69, 9.17) is 4.74 Å². The maximum Gasteiger partial charge on any atom is 0.230 e. The molecule has 0 radical (unpaired) electrons. The third-order valence-corrected chi connectivity index (χ3v) is 6.39. The second kappa shape index (κ2) is 5.49. The van der Waals surface area contributed by atoms with Crippen LogP contribution in [0.4, 0.5) is 0 Å². The van der Waals surface area contributed by atoms with Crippen LogP contribution in [0.3, 0.4) is 0 Å². The molecule has 0 aliphatic carbocycles. The van der Waals surface area contributed by atoms with Gasteiger partial charge in [-0.1, -0.05) is 32.9 Å². The predicted octanol–water partition coefficient (Wildman–Crippen LogP) is 1.39. The van der Waals surface area contributed by atoms with Crippen molar-refractivity contribution in [1.29, 1.82) is 0 Å². The average molecular weight is 350 g/mol. The summed E-state index contributed by atoms with van der Waals surface area (Å²) in [5.41, 5.74) is -0.534. The molecule has 4 rings (SSSR count). The fourth-order valence-corrected chi connectivity index (χ4v) is 5.46. The van der Waals surface area contributed by atoms with E-state index in [1.807, 2.05) is 33.7 Å². The fourth-order valence-electron chi connectivity index (χ4n) is 4.56. The standard InChI is InChI=1S/C18H26N2O3S/c1-17(2,3)10-20-11-18-5-4-12(23-18)13(14(18)16(20)22)15(21)19-6-8-24-9-7-19/h4-5,12-14H,6-11H2,1-3H3/t12-,13+,14+,18-/m0/s1. The molecule has 1 spiro atoms. The quantitative estimate of drug-likeness (QED) is 0.706. The number of carbonyl (C=O) groups excluding carboxylic acids is 2. The third-order valence-electron chi connectivity index (χ3n) is 5.45. The lowest BCUT2D eigenvalue weighted by Gasteiger charge is -2.32. The summed E-state index contributed by atoms with van der Waals surface area (Å²) in [6, 6.07) is 0. The van der Waals surface area contributed by atoms with E-state index in [9.17, 15) is 9.59 Å². The lowest BCUT2D eigenvalue weighted by atomic mass is 9.76. The van der Waals surface area contributed by atoms with Crippen LogP contribution in [0.1, 0.15) is 20.8 Å². The second-order valence-electron chi connectivity index (χ2n) is 8.59. The van der Waals surface area contributed by atoms with Gasteiger partial charge in [-0.2, -0.15) is 11.8 Å². The highest BCUT2D eigenvalue weighted by atomic mass is 32.2. The summed E-state index contributed by atoms with van der Waals surface area (Å²) in [5.74, 6) is 1.51. The van der Waals surface area contributed by atoms with Gasteiger partial charge in [-0.3, -0.25) is 9.59 Å². The number of nitrogens with zero attached hydrogens (tertiary/aromatic N) is 2. The Hall–Kier alpha value is -1.01. The van der Waals surface area contributed by atoms with Crippen LogP contribution < -0.4 is 0 Å². The molecule has 0 unspecified atom stereocenters. The smallest absolute Gasteiger partial charge is 0.230 e. The molecule has 132 valence electrons. The molecule has 4 aliphatic rings. The molecule has 0 aromatic carbocycles. The zero-order valence-corrected chi connectivity index (χ0v) is 15.5. The molecule has 4 heterocycles. The summed E-state index contributed by atoms with van der Waals surface area (Å²) in [4.78, 5) is 30.0. The van der Waals surface area contributed by atoms with Crippen LogP contribution in [0.2, 0.25) is 0 Å². The van der Waals surface area contributed by atoms with Gasteiger partial charge in [0.2, 0.25) is 11.8 Å². The highest BCUT2D eigenvalue weighted by Gasteiger charge is 2.67. The molecule has 2 bridgehead atoms. The van der Waals surface area contributed by atoms with Gasteiger partial charge in [0.1, 0.15) is 5.60 Å². The first-order chi connectivity index (χ1) is 11.3. The molecular formula is C18H26N2O3S. The lowest BCUT2D eigenvalue weighted by Crippen LogP contribution is -2.48. The molecule has 6 heteroatoms. The van der Waals surface area contributed by atoms with Gasteiger partial charge in [0, 0.05) is 31.1 Å². The van der Waals surface area contributed by atoms with Crippen molar-refractivity contribution in [2.45, 2.75) is 32.5 Å². The number of hydrogen-bond acceptors (Lipinski definition) is 4. The van der Waals surface area contributed by atoms with Crippen LogP contribution in [0.25, 0.3) is 0 Å². The summed E-state index contributed by atoms with van der Waals surface area (Å²) in [5, 5.41) is 0. The number of fused-ring (bicyclic) bond motifs is 1. The SMILES string of the molecule is CC(C)(C)CN1C[C@]23C=C[C@H](O2)[C@@H](C(=O)N2CCSCC2)[C@@H]3C1=O. The van der Waals surface area contributed by atoms with E-state index in [0.717, 1.165) is 24.6 Å². The first-order valence-corrected chi connectivity index (χ1v) is 9.99. The van der Waals surface area contributed by atoms with Gasteiger partial charge in [0.25, 0.3) is 0 Å². The monoisotopic (exact) mass is 350 g/mol. The molecule has 24 heavy (non-hydrogen) atoms. The maximum absolute atomic E-state index is 13.1. The minimum atomic E-state index is -0.572. The Morgan fingerprint density at radius 2 is 2.08 bits per heavy atom. The Morgan fingerprint density at radius 3 is 2.75 bits per heavy atom. The molecule has 5 nitrogen and oxygen atoms in total. The summed E-state index contributed by atoms with van der Waals surface area (Å²) in [7, 11) is 0. The number of hydrogen-bond donors (Lipinski definition) is 0. The van der Waals surface area contributed by atoms with Gasteiger partial charge < -0.3 is 14.5 Å². The number of ether oxygens (including phenoxy) is 1. The van der Waals surface area contributed by atoms with E-state index < -0.39 is 5.60 Å². The van der Waals surface area contributed by atoms with Crippen LogP contribution in [0.15, 0.2) is 12.2 Å². The Kier molecular flexibility index (Phi) is 3.77. The van der Waals surface area contributed by atoms with Crippen molar-refractivity contribution in [3.05, 3.63) is 12.2 Å². The van der Waals surface area contributed by atoms with Crippen molar-refractivity contribution in [1.82, 2.24) is 9.80 Å². The predicted molar refractivity (Wildman–Crippen MR) is 93.7 cm³/mol. The van der Waals surface area contributed by atoms with E-state index in [1.54, 1.807) is 0 Å². The van der Waals surface area contributed by atoms with Crippen molar-refractivity contribution in [2.75, 3.05) is 37.7 Å². The van der Waals surface area contributed by atoms with Gasteiger partial charge in [0.05, 0.1) is 24.5 Å². The topological polar surface area (TPSA) is 49.9 Å². The van der Waals surface area contributed by atoms with E-state index in [2.05, 4.69) is 20.8 Å². The summed E-state index contributed by atoms with van der Waals surface area (Å²) < 4.78 is 6.20. The van der Waals surface area contributed by atoms with Crippen LogP contribution >= 0.6 is 11.8 Å². The van der Waals surface area contributed by atoms with Gasteiger partial charge in [-0.05, 0) is 5.41 Å². The van der Waals surface area contributed by atoms with Crippen molar-refractivity contribution < 1.29 is 14.3 Å². The number of carbonyl (C=O) groups is 2. The molecule has 0 aromatic heterocycles. The zero-order valence-electron chi connectivity index (χ0n) is 14.7. The minimum Gasteiger partial charge on any atom is -0.360 e. The molecular weight excluding hydrogens is 324 g/mol. The van der Waals surface area contributed by atoms with Crippen LogP contribution in [-0.4, -0.2) is 71.0 Å². The molecule has 3 fully saturated rings. The molecule has 0 aromatic rings. The third kappa shape index (κ3) is 2.49. The highest BCUT2D eigenvalue weighted by molar-refractivity contribution is 7.99. The summed E-state index contributed by atoms with van der Waals surface area (Å²) in [6.07, 6.45) is 3.82. The van der Waals surface area contributed by atoms with Crippen molar-refractivity contribution >= 4 is 23.6 Å². The Bertz CT molecular complexity index is 594. The van der Waals surface area contributed by atoms with E-state index in [0.29, 0.717) is 13.1 Å². The van der Waals surface area contributed by atoms with E-state index in [-0.39, 0.29) is 35.2 Å². The first kappa shape index (κ1) is 16.5. The molecule has 2 amide bonds. The fraction of sp³-hybridized carbons (Fsp3) is 0.778. The Labute approximate surface area is 147 Å². The van der Waals surface area contributed by atoms with Crippen LogP contribution in [0, 0.1) is 17.3 Å². The molecule has 3 saturated heterocycles. The summed E-state index contributed by atoms with van der Waals surface area (Å²) in [6.45, 7) is 9.26. The Morgan fingerprint density at radius 1 is 1.38 bits per heavy atom. The number of thioether (sulfide) groups is 1. The lowest BCUT2D eigenvalue weighted by molar-refractivity contribution is -0.143. The van der Waals surface area contributed by atoms with Gasteiger partial charge in [0.15, 0.2) is 0 Å². The largest absolute Gasteiger partial charge is 0.360 e. The van der Waals surface area contributed by atoms with Crippen LogP contribution in [-0.2, 0) is 14.3 Å². The molecule has 4 atom stereocenters. The Balaban J connectivity index is 1.58. The van der Waals surface area contributed by atoms with Gasteiger partial charge in [-0.15, -0.1) is 0 Å². The number of likely N-dealkylation sites (tertiary alicyclic amines) is 1. The van der Waals surface area contributed by atoms with Crippen molar-refractivity contribution in [2.24, 2.45) is 17.3 Å². The van der Waals surface area contributed by atoms with E-state index >= 15 is 0 Å². The highest BCUT2D eigenvalue weighted by Crippen LogP contribution is 2.52. The summed E-state index contributed by atoms with van der Waals surface area (Å²) >= 11 is 1.89. The molecule has 0 saturated carbocycles. The van der Waals surface area contributed by atoms with Gasteiger partial charge >= 0.3 is 0 Å². The van der Waals surface area contributed by atoms with Crippen molar-refractivity contribution in [3.63, 3.8) is 0 Å². The first-order valence-electron chi connectivity index (χ1n) is 8.83. The average Bonchev–Trinajstić information content (AvgIpc) is 3.15. The van der Waals surface area contributed by atoms with Gasteiger partial charge in [-0.25, -0.2) is 0 Å². The minimum absolute atomic E-state index is 0.0380. The zero-order chi connectivity index (χ0) is 17.1. The maximum atomic E-state index is 13.1. The number of rotatable bonds is 2. The molecule has 0 N–H and O–H groups in total. The normalized spacial score (nSPS) is 38.1. The molecule has 4 aliphatic heterocycles. The van der Waals surface area contributed by atoms with E-state index in [1.165, 1.54) is 0 Å². The van der Waals surface area contributed by atoms with Crippen molar-refractivity contribution in [3.8, 4) is 0 Å².